The summed E-state index contributed by atoms with van der Waals surface area (Å²) in [6.07, 6.45) is 1.69. The Kier molecular flexibility index (Phi) is 3.14. The Morgan fingerprint density at radius 1 is 1.44 bits per heavy atom. The smallest absolute Gasteiger partial charge is 0.330 e. The van der Waals surface area contributed by atoms with Crippen molar-refractivity contribution in [3.63, 3.8) is 0 Å². The number of hydrogen-bond acceptors (Lipinski definition) is 2. The number of hydrogen-bond donors (Lipinski definition) is 1. The van der Waals surface area contributed by atoms with Crippen LogP contribution in [0.1, 0.15) is 17.3 Å². The highest BCUT2D eigenvalue weighted by Crippen LogP contribution is 2.21. The number of carbonyl (C=O) groups is 2. The fourth-order valence-corrected chi connectivity index (χ4v) is 2.02. The largest absolute Gasteiger partial charge is 0.479 e. The molecule has 1 aromatic rings. The molecule has 1 aliphatic heterocycles. The maximum atomic E-state index is 13.0. The summed E-state index contributed by atoms with van der Waals surface area (Å²) >= 11 is 0. The molecule has 0 fully saturated rings. The van der Waals surface area contributed by atoms with Crippen molar-refractivity contribution in [3.05, 3.63) is 47.3 Å². The zero-order valence-corrected chi connectivity index (χ0v) is 9.76. The predicted octanol–water partition coefficient (Wildman–Crippen LogP) is 1.68. The fourth-order valence-electron chi connectivity index (χ4n) is 2.02. The monoisotopic (exact) mass is 249 g/mol. The molecule has 5 heteroatoms. The number of carboxylic acids is 1. The quantitative estimate of drug-likeness (QED) is 0.811. The summed E-state index contributed by atoms with van der Waals surface area (Å²) in [4.78, 5) is 24.5. The van der Waals surface area contributed by atoms with Crippen LogP contribution in [0.3, 0.4) is 0 Å². The van der Waals surface area contributed by atoms with E-state index in [1.54, 1.807) is 13.0 Å². The van der Waals surface area contributed by atoms with Gasteiger partial charge in [-0.1, -0.05) is 12.1 Å². The standard InChI is InChI=1S/C13H12FNO3/c1-8-5-6-15(11(8)13(17)18)12(16)9-3-2-4-10(14)7-9/h2-5,7,11H,6H2,1H3,(H,17,18). The minimum Gasteiger partial charge on any atom is -0.479 e. The molecule has 94 valence electrons. The van der Waals surface area contributed by atoms with Gasteiger partial charge in [0.15, 0.2) is 6.04 Å². The number of carbonyl (C=O) groups excluding carboxylic acids is 1. The molecule has 1 atom stereocenters. The van der Waals surface area contributed by atoms with Crippen LogP contribution in [0.25, 0.3) is 0 Å². The highest BCUT2D eigenvalue weighted by molar-refractivity contribution is 5.98. The van der Waals surface area contributed by atoms with E-state index in [1.807, 2.05) is 0 Å². The van der Waals surface area contributed by atoms with Gasteiger partial charge in [-0.15, -0.1) is 0 Å². The number of amides is 1. The van der Waals surface area contributed by atoms with Crippen molar-refractivity contribution in [1.82, 2.24) is 4.90 Å². The molecule has 0 bridgehead atoms. The molecule has 1 amide bonds. The third-order valence-corrected chi connectivity index (χ3v) is 2.92. The summed E-state index contributed by atoms with van der Waals surface area (Å²) in [5.41, 5.74) is 0.775. The maximum absolute atomic E-state index is 13.0. The lowest BCUT2D eigenvalue weighted by molar-refractivity contribution is -0.140. The molecule has 1 aliphatic rings. The first kappa shape index (κ1) is 12.3. The molecule has 0 aromatic heterocycles. The van der Waals surface area contributed by atoms with Gasteiger partial charge in [-0.2, -0.15) is 0 Å². The van der Waals surface area contributed by atoms with Crippen LogP contribution in [0, 0.1) is 5.82 Å². The lowest BCUT2D eigenvalue weighted by Crippen LogP contribution is -2.42. The van der Waals surface area contributed by atoms with Gasteiger partial charge < -0.3 is 10.0 Å². The lowest BCUT2D eigenvalue weighted by Gasteiger charge is -2.23. The first-order valence-electron chi connectivity index (χ1n) is 5.46. The first-order valence-corrected chi connectivity index (χ1v) is 5.46. The van der Waals surface area contributed by atoms with Gasteiger partial charge in [-0.25, -0.2) is 9.18 Å². The minimum atomic E-state index is -1.08. The minimum absolute atomic E-state index is 0.157. The van der Waals surface area contributed by atoms with Crippen molar-refractivity contribution in [3.8, 4) is 0 Å². The molecule has 1 heterocycles. The normalized spacial score (nSPS) is 18.7. The Hall–Kier alpha value is -2.17. The van der Waals surface area contributed by atoms with E-state index in [2.05, 4.69) is 0 Å². The van der Waals surface area contributed by atoms with E-state index in [0.29, 0.717) is 5.57 Å². The first-order chi connectivity index (χ1) is 8.50. The van der Waals surface area contributed by atoms with E-state index in [1.165, 1.54) is 23.1 Å². The highest BCUT2D eigenvalue weighted by Gasteiger charge is 2.34. The number of benzene rings is 1. The van der Waals surface area contributed by atoms with Crippen molar-refractivity contribution in [2.75, 3.05) is 6.54 Å². The van der Waals surface area contributed by atoms with Gasteiger partial charge in [0.25, 0.3) is 5.91 Å². The third-order valence-electron chi connectivity index (χ3n) is 2.92. The van der Waals surface area contributed by atoms with Gasteiger partial charge >= 0.3 is 5.97 Å². The third kappa shape index (κ3) is 2.11. The second-order valence-corrected chi connectivity index (χ2v) is 4.16. The Bertz CT molecular complexity index is 539. The molecule has 0 radical (unpaired) electrons. The fraction of sp³-hybridized carbons (Fsp3) is 0.231. The number of rotatable bonds is 2. The van der Waals surface area contributed by atoms with Crippen molar-refractivity contribution in [1.29, 1.82) is 0 Å². The van der Waals surface area contributed by atoms with Crippen LogP contribution in [0.4, 0.5) is 4.39 Å². The molecule has 18 heavy (non-hydrogen) atoms. The van der Waals surface area contributed by atoms with Crippen LogP contribution in [0.15, 0.2) is 35.9 Å². The SMILES string of the molecule is CC1=CCN(C(=O)c2cccc(F)c2)C1C(=O)O. The van der Waals surface area contributed by atoms with Crippen molar-refractivity contribution < 1.29 is 19.1 Å². The number of aliphatic carboxylic acids is 1. The molecule has 1 unspecified atom stereocenters. The number of halogens is 1. The summed E-state index contributed by atoms with van der Waals surface area (Å²) < 4.78 is 13.0. The molecule has 0 saturated heterocycles. The Morgan fingerprint density at radius 2 is 2.17 bits per heavy atom. The van der Waals surface area contributed by atoms with Crippen molar-refractivity contribution in [2.24, 2.45) is 0 Å². The zero-order valence-electron chi connectivity index (χ0n) is 9.76. The summed E-state index contributed by atoms with van der Waals surface area (Å²) in [5.74, 6) is -2.07. The van der Waals surface area contributed by atoms with Gasteiger partial charge in [-0.3, -0.25) is 4.79 Å². The van der Waals surface area contributed by atoms with E-state index in [9.17, 15) is 14.0 Å². The van der Waals surface area contributed by atoms with Crippen LogP contribution in [0.2, 0.25) is 0 Å². The summed E-state index contributed by atoms with van der Waals surface area (Å²) in [7, 11) is 0. The average Bonchev–Trinajstić information content (AvgIpc) is 2.70. The van der Waals surface area contributed by atoms with Gasteiger partial charge in [0, 0.05) is 12.1 Å². The summed E-state index contributed by atoms with van der Waals surface area (Å²) in [5, 5.41) is 9.10. The molecule has 0 saturated carbocycles. The molecule has 0 spiro atoms. The Balaban J connectivity index is 2.28. The molecule has 4 nitrogen and oxygen atoms in total. The Labute approximate surface area is 103 Å². The van der Waals surface area contributed by atoms with Crippen LogP contribution in [0.5, 0.6) is 0 Å². The topological polar surface area (TPSA) is 57.6 Å². The maximum Gasteiger partial charge on any atom is 0.330 e. The van der Waals surface area contributed by atoms with E-state index in [-0.39, 0.29) is 12.1 Å². The van der Waals surface area contributed by atoms with Crippen LogP contribution in [-0.4, -0.2) is 34.5 Å². The second kappa shape index (κ2) is 4.60. The van der Waals surface area contributed by atoms with Gasteiger partial charge in [0.05, 0.1) is 0 Å². The number of nitrogens with zero attached hydrogens (tertiary/aromatic N) is 1. The second-order valence-electron chi connectivity index (χ2n) is 4.16. The molecule has 1 aromatic carbocycles. The van der Waals surface area contributed by atoms with Crippen LogP contribution >= 0.6 is 0 Å². The van der Waals surface area contributed by atoms with E-state index < -0.39 is 23.7 Å². The zero-order chi connectivity index (χ0) is 13.3. The molecule has 1 N–H and O–H groups in total. The van der Waals surface area contributed by atoms with Gasteiger partial charge in [0.2, 0.25) is 0 Å². The summed E-state index contributed by atoms with van der Waals surface area (Å²) in [6.45, 7) is 1.90. The predicted molar refractivity (Wildman–Crippen MR) is 62.6 cm³/mol. The molecular formula is C13H12FNO3. The van der Waals surface area contributed by atoms with Crippen LogP contribution < -0.4 is 0 Å². The summed E-state index contributed by atoms with van der Waals surface area (Å²) in [6, 6.07) is 4.28. The lowest BCUT2D eigenvalue weighted by atomic mass is 10.1. The van der Waals surface area contributed by atoms with Gasteiger partial charge in [0.1, 0.15) is 5.82 Å². The number of carboxylic acid groups (broad SMARTS) is 1. The van der Waals surface area contributed by atoms with Crippen LogP contribution in [-0.2, 0) is 4.79 Å². The average molecular weight is 249 g/mol. The van der Waals surface area contributed by atoms with E-state index in [4.69, 9.17) is 5.11 Å². The molecule has 2 rings (SSSR count). The van der Waals surface area contributed by atoms with Crippen molar-refractivity contribution in [2.45, 2.75) is 13.0 Å². The van der Waals surface area contributed by atoms with Gasteiger partial charge in [-0.05, 0) is 30.7 Å². The van der Waals surface area contributed by atoms with E-state index >= 15 is 0 Å². The van der Waals surface area contributed by atoms with Crippen molar-refractivity contribution >= 4 is 11.9 Å². The molecular weight excluding hydrogens is 237 g/mol. The molecule has 0 aliphatic carbocycles. The van der Waals surface area contributed by atoms with E-state index in [0.717, 1.165) is 6.07 Å². The Morgan fingerprint density at radius 3 is 2.78 bits per heavy atom. The highest BCUT2D eigenvalue weighted by atomic mass is 19.1.